The minimum Gasteiger partial charge on any atom is -0.397 e. The molecule has 0 saturated carbocycles. The maximum atomic E-state index is 6.09. The Morgan fingerprint density at radius 1 is 1.37 bits per heavy atom. The summed E-state index contributed by atoms with van der Waals surface area (Å²) in [5, 5.41) is 8.37. The van der Waals surface area contributed by atoms with Crippen molar-refractivity contribution in [1.82, 2.24) is 9.78 Å². The molecule has 1 aromatic heterocycles. The molecule has 0 radical (unpaired) electrons. The van der Waals surface area contributed by atoms with E-state index < -0.39 is 0 Å². The van der Waals surface area contributed by atoms with Crippen LogP contribution >= 0.6 is 11.6 Å². The van der Waals surface area contributed by atoms with E-state index in [0.29, 0.717) is 10.7 Å². The van der Waals surface area contributed by atoms with Gasteiger partial charge in [0.2, 0.25) is 0 Å². The van der Waals surface area contributed by atoms with Crippen LogP contribution in [-0.4, -0.2) is 16.3 Å². The number of nitrogen functional groups attached to an aromatic ring is 1. The van der Waals surface area contributed by atoms with Crippen molar-refractivity contribution in [3.8, 4) is 0 Å². The molecule has 0 amide bonds. The average Bonchev–Trinajstić information content (AvgIpc) is 2.66. The summed E-state index contributed by atoms with van der Waals surface area (Å²) in [5.74, 6) is 0. The van der Waals surface area contributed by atoms with Crippen molar-refractivity contribution < 1.29 is 0 Å². The summed E-state index contributed by atoms with van der Waals surface area (Å²) in [6, 6.07) is 7.61. The van der Waals surface area contributed by atoms with E-state index in [1.54, 1.807) is 0 Å². The van der Waals surface area contributed by atoms with Crippen molar-refractivity contribution in [2.24, 2.45) is 0 Å². The van der Waals surface area contributed by atoms with Gasteiger partial charge in [0, 0.05) is 18.8 Å². The first-order valence-corrected chi connectivity index (χ1v) is 6.74. The molecule has 0 unspecified atom stereocenters. The number of nitrogens with two attached hydrogens (primary N) is 1. The highest BCUT2D eigenvalue weighted by atomic mass is 35.5. The first-order valence-electron chi connectivity index (χ1n) is 6.37. The maximum Gasteiger partial charge on any atom is 0.0763 e. The van der Waals surface area contributed by atoms with Crippen molar-refractivity contribution in [1.29, 1.82) is 0 Å². The van der Waals surface area contributed by atoms with Crippen LogP contribution in [0.25, 0.3) is 0 Å². The molecule has 0 atom stereocenters. The third-order valence-electron chi connectivity index (χ3n) is 3.00. The lowest BCUT2D eigenvalue weighted by atomic mass is 10.2. The van der Waals surface area contributed by atoms with Gasteiger partial charge in [0.05, 0.1) is 22.1 Å². The molecule has 0 aliphatic carbocycles. The zero-order chi connectivity index (χ0) is 13.8. The van der Waals surface area contributed by atoms with E-state index in [1.165, 1.54) is 5.69 Å². The molecule has 4 nitrogen and oxygen atoms in total. The molecule has 1 heterocycles. The van der Waals surface area contributed by atoms with Crippen molar-refractivity contribution >= 4 is 23.0 Å². The second-order valence-corrected chi connectivity index (χ2v) is 5.04. The number of nitrogens with zero attached hydrogens (tertiary/aromatic N) is 2. The Bertz CT molecular complexity index is 542. The van der Waals surface area contributed by atoms with Crippen molar-refractivity contribution in [2.75, 3.05) is 17.6 Å². The number of benzene rings is 1. The molecule has 5 heteroatoms. The normalized spacial score (nSPS) is 10.7. The quantitative estimate of drug-likeness (QED) is 0.652. The number of para-hydroxylation sites is 1. The van der Waals surface area contributed by atoms with Gasteiger partial charge in [-0.05, 0) is 38.5 Å². The van der Waals surface area contributed by atoms with Crippen LogP contribution in [0.1, 0.15) is 17.8 Å². The topological polar surface area (TPSA) is 55.9 Å². The molecule has 0 spiro atoms. The number of aromatic nitrogens is 2. The minimum absolute atomic E-state index is 0.658. The van der Waals surface area contributed by atoms with Gasteiger partial charge < -0.3 is 11.1 Å². The third-order valence-corrected chi connectivity index (χ3v) is 3.31. The number of anilines is 2. The summed E-state index contributed by atoms with van der Waals surface area (Å²) < 4.78 is 2.02. The molecule has 2 aromatic rings. The Kier molecular flexibility index (Phi) is 4.32. The van der Waals surface area contributed by atoms with Gasteiger partial charge in [-0.3, -0.25) is 4.68 Å². The highest BCUT2D eigenvalue weighted by Crippen LogP contribution is 2.27. The predicted molar refractivity (Wildman–Crippen MR) is 80.7 cm³/mol. The largest absolute Gasteiger partial charge is 0.397 e. The van der Waals surface area contributed by atoms with Crippen molar-refractivity contribution in [3.05, 3.63) is 40.7 Å². The monoisotopic (exact) mass is 278 g/mol. The molecule has 1 aromatic carbocycles. The Balaban J connectivity index is 1.86. The molecule has 0 fully saturated rings. The van der Waals surface area contributed by atoms with Gasteiger partial charge in [0.15, 0.2) is 0 Å². The Labute approximate surface area is 118 Å². The fraction of sp³-hybridized carbons (Fsp3) is 0.357. The molecule has 0 aliphatic heterocycles. The number of nitrogens with one attached hydrogen (secondary N) is 1. The van der Waals surface area contributed by atoms with Crippen LogP contribution in [0, 0.1) is 13.8 Å². The first kappa shape index (κ1) is 13.7. The lowest BCUT2D eigenvalue weighted by molar-refractivity contribution is 0.574. The summed E-state index contributed by atoms with van der Waals surface area (Å²) in [5.41, 5.74) is 9.62. The minimum atomic E-state index is 0.658. The second-order valence-electron chi connectivity index (χ2n) is 4.63. The summed E-state index contributed by atoms with van der Waals surface area (Å²) in [4.78, 5) is 0. The van der Waals surface area contributed by atoms with E-state index in [2.05, 4.69) is 23.4 Å². The van der Waals surface area contributed by atoms with Gasteiger partial charge in [-0.1, -0.05) is 17.7 Å². The van der Waals surface area contributed by atoms with E-state index in [9.17, 15) is 0 Å². The highest BCUT2D eigenvalue weighted by Gasteiger charge is 2.04. The Morgan fingerprint density at radius 3 is 2.79 bits per heavy atom. The van der Waals surface area contributed by atoms with Crippen LogP contribution in [0.4, 0.5) is 11.4 Å². The summed E-state index contributed by atoms with van der Waals surface area (Å²) in [7, 11) is 0. The van der Waals surface area contributed by atoms with Crippen LogP contribution < -0.4 is 11.1 Å². The molecule has 102 valence electrons. The molecule has 0 saturated heterocycles. The van der Waals surface area contributed by atoms with Crippen LogP contribution in [0.2, 0.25) is 5.02 Å². The van der Waals surface area contributed by atoms with Gasteiger partial charge in [0.25, 0.3) is 0 Å². The van der Waals surface area contributed by atoms with Crippen LogP contribution in [-0.2, 0) is 6.54 Å². The molecule has 3 N–H and O–H groups in total. The van der Waals surface area contributed by atoms with Gasteiger partial charge in [-0.15, -0.1) is 0 Å². The lowest BCUT2D eigenvalue weighted by Crippen LogP contribution is -2.10. The van der Waals surface area contributed by atoms with Gasteiger partial charge in [-0.25, -0.2) is 0 Å². The van der Waals surface area contributed by atoms with Crippen LogP contribution in [0.5, 0.6) is 0 Å². The third kappa shape index (κ3) is 3.41. The number of hydrogen-bond acceptors (Lipinski definition) is 3. The zero-order valence-corrected chi connectivity index (χ0v) is 12.0. The SMILES string of the molecule is Cc1cc(C)n(CCCNc2c(N)cccc2Cl)n1. The van der Waals surface area contributed by atoms with E-state index >= 15 is 0 Å². The molecule has 19 heavy (non-hydrogen) atoms. The van der Waals surface area contributed by atoms with Crippen molar-refractivity contribution in [3.63, 3.8) is 0 Å². The predicted octanol–water partition coefficient (Wildman–Crippen LogP) is 3.24. The summed E-state index contributed by atoms with van der Waals surface area (Å²) in [6.45, 7) is 5.77. The van der Waals surface area contributed by atoms with E-state index in [0.717, 1.165) is 30.9 Å². The van der Waals surface area contributed by atoms with Gasteiger partial charge in [-0.2, -0.15) is 5.10 Å². The number of rotatable bonds is 5. The summed E-state index contributed by atoms with van der Waals surface area (Å²) in [6.07, 6.45) is 0.965. The van der Waals surface area contributed by atoms with E-state index in [1.807, 2.05) is 29.8 Å². The van der Waals surface area contributed by atoms with E-state index in [4.69, 9.17) is 17.3 Å². The fourth-order valence-electron chi connectivity index (χ4n) is 2.07. The Morgan fingerprint density at radius 2 is 2.16 bits per heavy atom. The standard InChI is InChI=1S/C14H19ClN4/c1-10-9-11(2)19(18-10)8-4-7-17-14-12(15)5-3-6-13(14)16/h3,5-6,9,17H,4,7-8,16H2,1-2H3. The first-order chi connectivity index (χ1) is 9.08. The number of hydrogen-bond donors (Lipinski definition) is 2. The summed E-state index contributed by atoms with van der Waals surface area (Å²) >= 11 is 6.09. The van der Waals surface area contributed by atoms with Gasteiger partial charge >= 0.3 is 0 Å². The van der Waals surface area contributed by atoms with Crippen LogP contribution in [0.15, 0.2) is 24.3 Å². The molecular weight excluding hydrogens is 260 g/mol. The molecular formula is C14H19ClN4. The van der Waals surface area contributed by atoms with E-state index in [-0.39, 0.29) is 0 Å². The molecule has 0 aliphatic rings. The number of halogens is 1. The second kappa shape index (κ2) is 5.97. The van der Waals surface area contributed by atoms with Gasteiger partial charge in [0.1, 0.15) is 0 Å². The zero-order valence-electron chi connectivity index (χ0n) is 11.3. The molecule has 2 rings (SSSR count). The average molecular weight is 279 g/mol. The maximum absolute atomic E-state index is 6.09. The van der Waals surface area contributed by atoms with Crippen LogP contribution in [0.3, 0.4) is 0 Å². The number of aryl methyl sites for hydroxylation is 3. The lowest BCUT2D eigenvalue weighted by Gasteiger charge is -2.11. The smallest absolute Gasteiger partial charge is 0.0763 e. The highest BCUT2D eigenvalue weighted by molar-refractivity contribution is 6.33. The molecule has 0 bridgehead atoms. The Hall–Kier alpha value is -1.68. The van der Waals surface area contributed by atoms with Crippen molar-refractivity contribution in [2.45, 2.75) is 26.8 Å². The fourth-order valence-corrected chi connectivity index (χ4v) is 2.32.